The van der Waals surface area contributed by atoms with E-state index in [4.69, 9.17) is 0 Å². The summed E-state index contributed by atoms with van der Waals surface area (Å²) in [6.07, 6.45) is 0. The molecule has 0 fully saturated rings. The van der Waals surface area contributed by atoms with Gasteiger partial charge in [-0.25, -0.2) is 8.78 Å². The van der Waals surface area contributed by atoms with E-state index < -0.39 is 17.5 Å². The quantitative estimate of drug-likeness (QED) is 0.900. The van der Waals surface area contributed by atoms with Crippen molar-refractivity contribution in [3.63, 3.8) is 0 Å². The first kappa shape index (κ1) is 15.0. The summed E-state index contributed by atoms with van der Waals surface area (Å²) in [5.74, 6) is -1.70. The molecule has 0 atom stereocenters. The van der Waals surface area contributed by atoms with Crippen LogP contribution in [0.4, 0.5) is 20.2 Å². The maximum atomic E-state index is 13.7. The van der Waals surface area contributed by atoms with Crippen LogP contribution in [0.3, 0.4) is 0 Å². The molecule has 0 heterocycles. The molecule has 0 radical (unpaired) electrons. The molecule has 110 valence electrons. The smallest absolute Gasteiger partial charge is 0.256 e. The molecular formula is C16H16F2N2O. The van der Waals surface area contributed by atoms with Crippen molar-refractivity contribution in [2.45, 2.75) is 13.8 Å². The second kappa shape index (κ2) is 5.91. The van der Waals surface area contributed by atoms with Crippen LogP contribution >= 0.6 is 0 Å². The number of carbonyl (C=O) groups excluding carboxylic acids is 1. The predicted octanol–water partition coefficient (Wildman–Crippen LogP) is 3.88. The van der Waals surface area contributed by atoms with Crippen LogP contribution in [0.5, 0.6) is 0 Å². The van der Waals surface area contributed by atoms with Crippen molar-refractivity contribution in [3.05, 3.63) is 58.7 Å². The van der Waals surface area contributed by atoms with Gasteiger partial charge in [-0.3, -0.25) is 4.79 Å². The van der Waals surface area contributed by atoms with Gasteiger partial charge in [-0.15, -0.1) is 0 Å². The zero-order valence-electron chi connectivity index (χ0n) is 12.1. The van der Waals surface area contributed by atoms with E-state index in [1.165, 1.54) is 6.92 Å². The fraction of sp³-hybridized carbons (Fsp3) is 0.188. The number of rotatable bonds is 3. The van der Waals surface area contributed by atoms with E-state index in [1.807, 2.05) is 0 Å². The molecule has 3 nitrogen and oxygen atoms in total. The van der Waals surface area contributed by atoms with Gasteiger partial charge in [0.25, 0.3) is 5.91 Å². The van der Waals surface area contributed by atoms with Gasteiger partial charge in [-0.05, 0) is 49.2 Å². The maximum Gasteiger partial charge on any atom is 0.256 e. The summed E-state index contributed by atoms with van der Waals surface area (Å²) in [6.45, 7) is 3.24. The summed E-state index contributed by atoms with van der Waals surface area (Å²) in [4.78, 5) is 12.2. The Balaban J connectivity index is 2.28. The summed E-state index contributed by atoms with van der Waals surface area (Å²) < 4.78 is 27.2. The lowest BCUT2D eigenvalue weighted by molar-refractivity contribution is 0.102. The van der Waals surface area contributed by atoms with Gasteiger partial charge in [0.05, 0.1) is 5.69 Å². The second-order valence-corrected chi connectivity index (χ2v) is 4.82. The third-order valence-electron chi connectivity index (χ3n) is 3.26. The molecular weight excluding hydrogens is 274 g/mol. The van der Waals surface area contributed by atoms with E-state index >= 15 is 0 Å². The molecule has 0 bridgehead atoms. The van der Waals surface area contributed by atoms with E-state index in [-0.39, 0.29) is 11.3 Å². The van der Waals surface area contributed by atoms with Crippen LogP contribution in [0, 0.1) is 25.5 Å². The number of nitrogens with one attached hydrogen (secondary N) is 2. The highest BCUT2D eigenvalue weighted by Gasteiger charge is 2.13. The Kier molecular flexibility index (Phi) is 4.21. The van der Waals surface area contributed by atoms with Crippen molar-refractivity contribution in [2.24, 2.45) is 0 Å². The number of hydrogen-bond donors (Lipinski definition) is 2. The van der Waals surface area contributed by atoms with Crippen LogP contribution in [0.25, 0.3) is 0 Å². The highest BCUT2D eigenvalue weighted by molar-refractivity contribution is 6.05. The topological polar surface area (TPSA) is 41.1 Å². The van der Waals surface area contributed by atoms with Crippen LogP contribution in [0.2, 0.25) is 0 Å². The van der Waals surface area contributed by atoms with Crippen LogP contribution in [-0.4, -0.2) is 13.0 Å². The molecule has 0 aliphatic carbocycles. The van der Waals surface area contributed by atoms with E-state index in [0.717, 1.165) is 23.4 Å². The predicted molar refractivity (Wildman–Crippen MR) is 79.8 cm³/mol. The van der Waals surface area contributed by atoms with Crippen molar-refractivity contribution in [1.29, 1.82) is 0 Å². The minimum Gasteiger partial charge on any atom is -0.388 e. The van der Waals surface area contributed by atoms with Crippen molar-refractivity contribution in [2.75, 3.05) is 17.7 Å². The van der Waals surface area contributed by atoms with Gasteiger partial charge in [0.1, 0.15) is 11.6 Å². The molecule has 2 aromatic rings. The largest absolute Gasteiger partial charge is 0.388 e. The summed E-state index contributed by atoms with van der Waals surface area (Å²) in [5, 5.41) is 5.36. The third kappa shape index (κ3) is 3.18. The molecule has 0 unspecified atom stereocenters. The normalized spacial score (nSPS) is 10.3. The lowest BCUT2D eigenvalue weighted by Gasteiger charge is -2.11. The van der Waals surface area contributed by atoms with Crippen molar-refractivity contribution < 1.29 is 13.6 Å². The first-order valence-electron chi connectivity index (χ1n) is 6.47. The Morgan fingerprint density at radius 3 is 2.33 bits per heavy atom. The number of halogens is 2. The van der Waals surface area contributed by atoms with E-state index in [1.54, 1.807) is 32.2 Å². The summed E-state index contributed by atoms with van der Waals surface area (Å²) >= 11 is 0. The number of amides is 1. The molecule has 0 aliphatic rings. The van der Waals surface area contributed by atoms with Gasteiger partial charge in [0, 0.05) is 24.4 Å². The van der Waals surface area contributed by atoms with Crippen molar-refractivity contribution in [1.82, 2.24) is 0 Å². The second-order valence-electron chi connectivity index (χ2n) is 4.82. The number of benzene rings is 2. The molecule has 0 saturated heterocycles. The average molecular weight is 290 g/mol. The van der Waals surface area contributed by atoms with Gasteiger partial charge in [-0.2, -0.15) is 0 Å². The summed E-state index contributed by atoms with van der Waals surface area (Å²) in [6, 6.07) is 7.23. The van der Waals surface area contributed by atoms with Crippen LogP contribution in [0.1, 0.15) is 21.5 Å². The Morgan fingerprint density at radius 2 is 1.71 bits per heavy atom. The Hall–Kier alpha value is -2.43. The van der Waals surface area contributed by atoms with Crippen molar-refractivity contribution >= 4 is 17.3 Å². The molecule has 0 aromatic heterocycles. The highest BCUT2D eigenvalue weighted by Crippen LogP contribution is 2.21. The Bertz CT molecular complexity index is 699. The van der Waals surface area contributed by atoms with Gasteiger partial charge in [-0.1, -0.05) is 0 Å². The number of hydrogen-bond acceptors (Lipinski definition) is 2. The Labute approximate surface area is 122 Å². The molecule has 21 heavy (non-hydrogen) atoms. The van der Waals surface area contributed by atoms with Gasteiger partial charge in [0.15, 0.2) is 0 Å². The summed E-state index contributed by atoms with van der Waals surface area (Å²) in [7, 11) is 1.78. The average Bonchev–Trinajstić information content (AvgIpc) is 2.44. The lowest BCUT2D eigenvalue weighted by atomic mass is 10.1. The zero-order valence-corrected chi connectivity index (χ0v) is 12.1. The SMILES string of the molecule is CNc1ccc(C(=O)Nc2cc(F)c(C)cc2F)c(C)c1. The van der Waals surface area contributed by atoms with E-state index in [0.29, 0.717) is 5.56 Å². The standard InChI is InChI=1S/C16H16F2N2O/c1-9-6-11(19-3)4-5-12(9)16(21)20-15-8-13(17)10(2)7-14(15)18/h4-8,19H,1-3H3,(H,20,21). The number of carbonyl (C=O) groups is 1. The monoisotopic (exact) mass is 290 g/mol. The van der Waals surface area contributed by atoms with Gasteiger partial charge in [0.2, 0.25) is 0 Å². The zero-order chi connectivity index (χ0) is 15.6. The van der Waals surface area contributed by atoms with Crippen LogP contribution in [0.15, 0.2) is 30.3 Å². The van der Waals surface area contributed by atoms with Crippen LogP contribution in [-0.2, 0) is 0 Å². The molecule has 2 rings (SSSR count). The highest BCUT2D eigenvalue weighted by atomic mass is 19.1. The first-order valence-corrected chi connectivity index (χ1v) is 6.47. The minimum absolute atomic E-state index is 0.166. The molecule has 0 aliphatic heterocycles. The van der Waals surface area contributed by atoms with Crippen molar-refractivity contribution in [3.8, 4) is 0 Å². The molecule has 0 saturated carbocycles. The number of aryl methyl sites for hydroxylation is 2. The van der Waals surface area contributed by atoms with E-state index in [9.17, 15) is 13.6 Å². The van der Waals surface area contributed by atoms with Gasteiger partial charge < -0.3 is 10.6 Å². The maximum absolute atomic E-state index is 13.7. The van der Waals surface area contributed by atoms with Gasteiger partial charge >= 0.3 is 0 Å². The first-order chi connectivity index (χ1) is 9.92. The molecule has 5 heteroatoms. The Morgan fingerprint density at radius 1 is 1.00 bits per heavy atom. The molecule has 0 spiro atoms. The fourth-order valence-electron chi connectivity index (χ4n) is 2.01. The molecule has 1 amide bonds. The molecule has 2 aromatic carbocycles. The third-order valence-corrected chi connectivity index (χ3v) is 3.26. The van der Waals surface area contributed by atoms with E-state index in [2.05, 4.69) is 10.6 Å². The minimum atomic E-state index is -0.660. The summed E-state index contributed by atoms with van der Waals surface area (Å²) in [5.41, 5.74) is 2.05. The fourth-order valence-corrected chi connectivity index (χ4v) is 2.01. The lowest BCUT2D eigenvalue weighted by Crippen LogP contribution is -2.15. The van der Waals surface area contributed by atoms with Crippen LogP contribution < -0.4 is 10.6 Å². The molecule has 2 N–H and O–H groups in total. The number of anilines is 2.